The van der Waals surface area contributed by atoms with Gasteiger partial charge in [-0.3, -0.25) is 14.2 Å². The van der Waals surface area contributed by atoms with E-state index in [0.717, 1.165) is 35.2 Å². The van der Waals surface area contributed by atoms with E-state index in [2.05, 4.69) is 4.90 Å². The van der Waals surface area contributed by atoms with Gasteiger partial charge in [-0.1, -0.05) is 0 Å². The van der Waals surface area contributed by atoms with Crippen molar-refractivity contribution in [3.63, 3.8) is 0 Å². The molecule has 0 atom stereocenters. The lowest BCUT2D eigenvalue weighted by Gasteiger charge is -2.15. The van der Waals surface area contributed by atoms with Crippen molar-refractivity contribution in [2.24, 2.45) is 5.73 Å². The Labute approximate surface area is 147 Å². The van der Waals surface area contributed by atoms with Gasteiger partial charge < -0.3 is 20.3 Å². The quantitative estimate of drug-likeness (QED) is 0.802. The highest BCUT2D eigenvalue weighted by molar-refractivity contribution is 5.97. The molecule has 7 nitrogen and oxygen atoms in total. The standard InChI is InChI=1S/C18H26N4O3/c1-20(2)8-7-13-11-22(18(24)12-21(3)17(23)10-19)16-6-5-14(25-4)9-15(13)16/h5-6,9,11H,7-8,10,12,19H2,1-4H3. The lowest BCUT2D eigenvalue weighted by molar-refractivity contribution is -0.128. The van der Waals surface area contributed by atoms with E-state index in [4.69, 9.17) is 10.5 Å². The van der Waals surface area contributed by atoms with Gasteiger partial charge in [-0.25, -0.2) is 0 Å². The Bertz CT molecular complexity index is 767. The van der Waals surface area contributed by atoms with Crippen molar-refractivity contribution >= 4 is 22.7 Å². The summed E-state index contributed by atoms with van der Waals surface area (Å²) < 4.78 is 6.92. The number of nitrogens with two attached hydrogens (primary N) is 1. The lowest BCUT2D eigenvalue weighted by atomic mass is 10.1. The van der Waals surface area contributed by atoms with Crippen molar-refractivity contribution in [3.8, 4) is 5.75 Å². The van der Waals surface area contributed by atoms with E-state index in [-0.39, 0.29) is 24.9 Å². The smallest absolute Gasteiger partial charge is 0.250 e. The van der Waals surface area contributed by atoms with Crippen LogP contribution < -0.4 is 10.5 Å². The summed E-state index contributed by atoms with van der Waals surface area (Å²) >= 11 is 0. The molecule has 1 aromatic carbocycles. The first-order valence-corrected chi connectivity index (χ1v) is 8.17. The van der Waals surface area contributed by atoms with Crippen LogP contribution >= 0.6 is 0 Å². The fraction of sp³-hybridized carbons (Fsp3) is 0.444. The molecule has 0 saturated carbocycles. The Balaban J connectivity index is 2.38. The van der Waals surface area contributed by atoms with Crippen LogP contribution in [0, 0.1) is 0 Å². The topological polar surface area (TPSA) is 80.8 Å². The monoisotopic (exact) mass is 346 g/mol. The molecule has 25 heavy (non-hydrogen) atoms. The molecule has 0 radical (unpaired) electrons. The molecular weight excluding hydrogens is 320 g/mol. The van der Waals surface area contributed by atoms with E-state index in [0.29, 0.717) is 0 Å². The molecule has 2 aromatic rings. The van der Waals surface area contributed by atoms with Gasteiger partial charge in [-0.15, -0.1) is 0 Å². The molecule has 7 heteroatoms. The SMILES string of the molecule is COc1ccc2c(c1)c(CCN(C)C)cn2C(=O)CN(C)C(=O)CN. The minimum Gasteiger partial charge on any atom is -0.497 e. The molecule has 2 rings (SSSR count). The zero-order valence-electron chi connectivity index (χ0n) is 15.3. The molecule has 0 aliphatic heterocycles. The molecule has 0 saturated heterocycles. The van der Waals surface area contributed by atoms with E-state index in [1.165, 1.54) is 4.90 Å². The normalized spacial score (nSPS) is 11.1. The number of hydrogen-bond donors (Lipinski definition) is 1. The number of amides is 1. The highest BCUT2D eigenvalue weighted by Crippen LogP contribution is 2.26. The summed E-state index contributed by atoms with van der Waals surface area (Å²) in [6.45, 7) is 0.747. The fourth-order valence-electron chi connectivity index (χ4n) is 2.68. The number of nitrogens with zero attached hydrogens (tertiary/aromatic N) is 3. The van der Waals surface area contributed by atoms with Crippen LogP contribution in [0.3, 0.4) is 0 Å². The van der Waals surface area contributed by atoms with Crippen LogP contribution in [0.1, 0.15) is 10.4 Å². The van der Waals surface area contributed by atoms with Crippen LogP contribution in [-0.4, -0.2) is 74.1 Å². The van der Waals surface area contributed by atoms with E-state index in [1.807, 2.05) is 38.5 Å². The summed E-state index contributed by atoms with van der Waals surface area (Å²) in [4.78, 5) is 27.7. The summed E-state index contributed by atoms with van der Waals surface area (Å²) in [5.41, 5.74) is 7.24. The third-order valence-corrected chi connectivity index (χ3v) is 4.16. The van der Waals surface area contributed by atoms with Crippen LogP contribution in [0.5, 0.6) is 5.75 Å². The fourth-order valence-corrected chi connectivity index (χ4v) is 2.68. The number of carbonyl (C=O) groups is 2. The molecule has 0 aliphatic rings. The molecule has 0 spiro atoms. The average molecular weight is 346 g/mol. The zero-order valence-corrected chi connectivity index (χ0v) is 15.3. The number of ether oxygens (including phenoxy) is 1. The van der Waals surface area contributed by atoms with Crippen molar-refractivity contribution in [2.75, 3.05) is 47.9 Å². The number of methoxy groups -OCH3 is 1. The molecule has 0 unspecified atom stereocenters. The molecular formula is C18H26N4O3. The van der Waals surface area contributed by atoms with Gasteiger partial charge in [0.2, 0.25) is 5.91 Å². The third-order valence-electron chi connectivity index (χ3n) is 4.16. The maximum absolute atomic E-state index is 12.7. The summed E-state index contributed by atoms with van der Waals surface area (Å²) in [5.74, 6) is 0.314. The predicted molar refractivity (Wildman–Crippen MR) is 98.1 cm³/mol. The van der Waals surface area contributed by atoms with Gasteiger partial charge in [-0.2, -0.15) is 0 Å². The number of benzene rings is 1. The molecule has 1 amide bonds. The van der Waals surface area contributed by atoms with Crippen LogP contribution in [0.4, 0.5) is 0 Å². The van der Waals surface area contributed by atoms with Gasteiger partial charge in [-0.05, 0) is 44.3 Å². The molecule has 136 valence electrons. The molecule has 2 N–H and O–H groups in total. The Morgan fingerprint density at radius 1 is 1.24 bits per heavy atom. The largest absolute Gasteiger partial charge is 0.497 e. The number of hydrogen-bond acceptors (Lipinski definition) is 5. The minimum atomic E-state index is -0.265. The van der Waals surface area contributed by atoms with Gasteiger partial charge in [0.1, 0.15) is 12.3 Å². The summed E-state index contributed by atoms with van der Waals surface area (Å²) in [7, 11) is 7.22. The first-order chi connectivity index (χ1) is 11.9. The van der Waals surface area contributed by atoms with Crippen molar-refractivity contribution < 1.29 is 14.3 Å². The van der Waals surface area contributed by atoms with E-state index < -0.39 is 0 Å². The second-order valence-electron chi connectivity index (χ2n) is 6.31. The van der Waals surface area contributed by atoms with Gasteiger partial charge >= 0.3 is 0 Å². The van der Waals surface area contributed by atoms with Crippen molar-refractivity contribution in [2.45, 2.75) is 6.42 Å². The Morgan fingerprint density at radius 3 is 2.56 bits per heavy atom. The Kier molecular flexibility index (Phi) is 6.17. The van der Waals surface area contributed by atoms with Crippen LogP contribution in [0.2, 0.25) is 0 Å². The maximum Gasteiger partial charge on any atom is 0.250 e. The number of rotatable bonds is 7. The third kappa shape index (κ3) is 4.37. The number of aromatic nitrogens is 1. The minimum absolute atomic E-state index is 0.0149. The van der Waals surface area contributed by atoms with E-state index in [9.17, 15) is 9.59 Å². The number of fused-ring (bicyclic) bond motifs is 1. The van der Waals surface area contributed by atoms with Crippen molar-refractivity contribution in [3.05, 3.63) is 30.0 Å². The average Bonchev–Trinajstić information content (AvgIpc) is 2.96. The van der Waals surface area contributed by atoms with E-state index >= 15 is 0 Å². The predicted octanol–water partition coefficient (Wildman–Crippen LogP) is 0.811. The van der Waals surface area contributed by atoms with Crippen LogP contribution in [0.15, 0.2) is 24.4 Å². The summed E-state index contributed by atoms with van der Waals surface area (Å²) in [5, 5.41) is 0.988. The van der Waals surface area contributed by atoms with Crippen LogP contribution in [0.25, 0.3) is 10.9 Å². The summed E-state index contributed by atoms with van der Waals surface area (Å²) in [6.07, 6.45) is 2.67. The van der Waals surface area contributed by atoms with Crippen molar-refractivity contribution in [1.82, 2.24) is 14.4 Å². The Hall–Kier alpha value is -2.38. The zero-order chi connectivity index (χ0) is 18.6. The highest BCUT2D eigenvalue weighted by Gasteiger charge is 2.17. The number of likely N-dealkylation sites (N-methyl/N-ethyl adjacent to an activating group) is 2. The van der Waals surface area contributed by atoms with Gasteiger partial charge in [0.15, 0.2) is 0 Å². The Morgan fingerprint density at radius 2 is 1.96 bits per heavy atom. The van der Waals surface area contributed by atoms with Gasteiger partial charge in [0.25, 0.3) is 5.91 Å². The van der Waals surface area contributed by atoms with Crippen LogP contribution in [-0.2, 0) is 11.2 Å². The van der Waals surface area contributed by atoms with Crippen molar-refractivity contribution in [1.29, 1.82) is 0 Å². The molecule has 1 heterocycles. The second-order valence-corrected chi connectivity index (χ2v) is 6.31. The molecule has 0 aliphatic carbocycles. The second kappa shape index (κ2) is 8.13. The van der Waals surface area contributed by atoms with Gasteiger partial charge in [0, 0.05) is 25.2 Å². The molecule has 1 aromatic heterocycles. The maximum atomic E-state index is 12.7. The van der Waals surface area contributed by atoms with Gasteiger partial charge in [0.05, 0.1) is 19.2 Å². The molecule has 0 bridgehead atoms. The number of carbonyl (C=O) groups excluding carboxylic acids is 2. The molecule has 0 fully saturated rings. The summed E-state index contributed by atoms with van der Waals surface area (Å²) in [6, 6.07) is 5.64. The lowest BCUT2D eigenvalue weighted by Crippen LogP contribution is -2.37. The first-order valence-electron chi connectivity index (χ1n) is 8.17. The highest BCUT2D eigenvalue weighted by atomic mass is 16.5. The van der Waals surface area contributed by atoms with E-state index in [1.54, 1.807) is 18.7 Å². The first kappa shape index (κ1) is 19.0.